The van der Waals surface area contributed by atoms with Gasteiger partial charge in [-0.1, -0.05) is 74.0 Å². The Morgan fingerprint density at radius 2 is 1.68 bits per heavy atom. The largest absolute Gasteiger partial charge is 0.480 e. The van der Waals surface area contributed by atoms with Crippen LogP contribution >= 0.6 is 11.8 Å². The maximum Gasteiger partial charge on any atom is 0.326 e. The Labute approximate surface area is 231 Å². The minimum atomic E-state index is -1.01. The van der Waals surface area contributed by atoms with E-state index in [0.29, 0.717) is 17.7 Å². The Kier molecular flexibility index (Phi) is 11.9. The number of thioether (sulfide) groups is 1. The number of carboxylic acid groups (broad SMARTS) is 1. The summed E-state index contributed by atoms with van der Waals surface area (Å²) in [5.74, 6) is -0.695. The average Bonchev–Trinajstić information content (AvgIpc) is 2.93. The molecule has 202 valence electrons. The molecule has 0 aliphatic carbocycles. The molecule has 6 heteroatoms. The minimum absolute atomic E-state index is 0.352. The molecule has 3 rings (SSSR count). The fourth-order valence-electron chi connectivity index (χ4n) is 4.56. The van der Waals surface area contributed by atoms with E-state index >= 15 is 0 Å². The lowest BCUT2D eigenvalue weighted by Crippen LogP contribution is -2.41. The van der Waals surface area contributed by atoms with Crippen molar-refractivity contribution in [2.45, 2.75) is 52.1 Å². The molecule has 38 heavy (non-hydrogen) atoms. The fourth-order valence-corrected chi connectivity index (χ4v) is 5.03. The molecule has 0 saturated heterocycles. The van der Waals surface area contributed by atoms with E-state index in [1.54, 1.807) is 11.8 Å². The lowest BCUT2D eigenvalue weighted by molar-refractivity contribution is -0.139. The third-order valence-electron chi connectivity index (χ3n) is 6.77. The van der Waals surface area contributed by atoms with Crippen LogP contribution in [0.3, 0.4) is 0 Å². The molecule has 0 heterocycles. The summed E-state index contributed by atoms with van der Waals surface area (Å²) in [4.78, 5) is 27.6. The van der Waals surface area contributed by atoms with Crippen molar-refractivity contribution in [3.63, 3.8) is 0 Å². The summed E-state index contributed by atoms with van der Waals surface area (Å²) in [6.45, 7) is 7.01. The van der Waals surface area contributed by atoms with Gasteiger partial charge in [0.2, 0.25) is 0 Å². The number of benzene rings is 3. The molecule has 1 unspecified atom stereocenters. The second-order valence-corrected chi connectivity index (χ2v) is 10.7. The summed E-state index contributed by atoms with van der Waals surface area (Å²) in [5, 5.41) is 12.4. The van der Waals surface area contributed by atoms with Gasteiger partial charge in [0.1, 0.15) is 6.04 Å². The summed E-state index contributed by atoms with van der Waals surface area (Å²) in [6, 6.07) is 23.6. The molecular formula is C32H40N2O3S. The topological polar surface area (TPSA) is 69.6 Å². The molecule has 3 aromatic carbocycles. The van der Waals surface area contributed by atoms with Gasteiger partial charge in [-0.15, -0.1) is 0 Å². The van der Waals surface area contributed by atoms with Crippen molar-refractivity contribution < 1.29 is 14.7 Å². The lowest BCUT2D eigenvalue weighted by Gasteiger charge is -2.23. The van der Waals surface area contributed by atoms with Crippen LogP contribution in [-0.2, 0) is 17.8 Å². The van der Waals surface area contributed by atoms with Crippen molar-refractivity contribution in [3.8, 4) is 11.1 Å². The normalized spacial score (nSPS) is 11.9. The summed E-state index contributed by atoms with van der Waals surface area (Å²) in [6.07, 6.45) is 5.57. The second-order valence-electron chi connectivity index (χ2n) is 9.71. The van der Waals surface area contributed by atoms with Crippen LogP contribution in [0.5, 0.6) is 0 Å². The van der Waals surface area contributed by atoms with Gasteiger partial charge in [0.15, 0.2) is 0 Å². The van der Waals surface area contributed by atoms with Gasteiger partial charge in [-0.3, -0.25) is 9.69 Å². The molecular weight excluding hydrogens is 492 g/mol. The Bertz CT molecular complexity index is 1180. The molecule has 0 aromatic heterocycles. The first-order chi connectivity index (χ1) is 18.4. The number of nitrogens with one attached hydrogen (secondary N) is 1. The van der Waals surface area contributed by atoms with Crippen molar-refractivity contribution in [2.75, 3.05) is 25.1 Å². The highest BCUT2D eigenvalue weighted by Gasteiger charge is 2.23. The Morgan fingerprint density at radius 3 is 2.37 bits per heavy atom. The van der Waals surface area contributed by atoms with E-state index in [1.165, 1.54) is 5.56 Å². The second kappa shape index (κ2) is 15.4. The first-order valence-electron chi connectivity index (χ1n) is 13.4. The Morgan fingerprint density at radius 1 is 0.947 bits per heavy atom. The number of unbranched alkanes of at least 4 members (excludes halogenated alkanes) is 1. The zero-order chi connectivity index (χ0) is 27.3. The van der Waals surface area contributed by atoms with E-state index in [1.807, 2.05) is 55.6 Å². The number of carbonyl (C=O) groups is 2. The monoisotopic (exact) mass is 532 g/mol. The van der Waals surface area contributed by atoms with Crippen molar-refractivity contribution in [2.24, 2.45) is 0 Å². The van der Waals surface area contributed by atoms with Crippen LogP contribution in [0.2, 0.25) is 0 Å². The highest BCUT2D eigenvalue weighted by Crippen LogP contribution is 2.29. The predicted molar refractivity (Wildman–Crippen MR) is 159 cm³/mol. The molecule has 3 aromatic rings. The first kappa shape index (κ1) is 29.5. The number of nitrogens with zero attached hydrogens (tertiary/aromatic N) is 1. The SMILES string of the molecule is CCCCN(CCc1ccccc1)Cc1ccc(C(=O)NC(CCSC)C(=O)O)c(-c2ccccc2C)c1. The first-order valence-corrected chi connectivity index (χ1v) is 14.8. The molecule has 1 atom stereocenters. The zero-order valence-electron chi connectivity index (χ0n) is 22.8. The van der Waals surface area contributed by atoms with E-state index in [4.69, 9.17) is 0 Å². The summed E-state index contributed by atoms with van der Waals surface area (Å²) >= 11 is 1.57. The van der Waals surface area contributed by atoms with Crippen LogP contribution in [0.15, 0.2) is 72.8 Å². The molecule has 2 N–H and O–H groups in total. The van der Waals surface area contributed by atoms with Gasteiger partial charge >= 0.3 is 5.97 Å². The molecule has 0 aliphatic rings. The van der Waals surface area contributed by atoms with E-state index in [0.717, 1.165) is 61.2 Å². The van der Waals surface area contributed by atoms with Crippen LogP contribution < -0.4 is 5.32 Å². The van der Waals surface area contributed by atoms with Crippen molar-refractivity contribution in [1.82, 2.24) is 10.2 Å². The number of aliphatic carboxylic acids is 1. The van der Waals surface area contributed by atoms with Crippen molar-refractivity contribution >= 4 is 23.6 Å². The molecule has 0 saturated carbocycles. The number of rotatable bonds is 15. The quantitative estimate of drug-likeness (QED) is 0.236. The summed E-state index contributed by atoms with van der Waals surface area (Å²) < 4.78 is 0. The van der Waals surface area contributed by atoms with Gasteiger partial charge in [-0.05, 0) is 84.7 Å². The summed E-state index contributed by atoms with van der Waals surface area (Å²) in [7, 11) is 0. The van der Waals surface area contributed by atoms with Gasteiger partial charge in [-0.2, -0.15) is 11.8 Å². The van der Waals surface area contributed by atoms with E-state index in [9.17, 15) is 14.7 Å². The minimum Gasteiger partial charge on any atom is -0.480 e. The number of carbonyl (C=O) groups excluding carboxylic acids is 1. The number of carboxylic acids is 1. The van der Waals surface area contributed by atoms with Crippen molar-refractivity contribution in [1.29, 1.82) is 0 Å². The van der Waals surface area contributed by atoms with Crippen LogP contribution in [0, 0.1) is 6.92 Å². The maximum atomic E-state index is 13.4. The third-order valence-corrected chi connectivity index (χ3v) is 7.42. The Hall–Kier alpha value is -3.09. The van der Waals surface area contributed by atoms with Gasteiger partial charge in [0.05, 0.1) is 0 Å². The highest BCUT2D eigenvalue weighted by atomic mass is 32.2. The molecule has 5 nitrogen and oxygen atoms in total. The van der Waals surface area contributed by atoms with Gasteiger partial charge in [0.25, 0.3) is 5.91 Å². The van der Waals surface area contributed by atoms with E-state index < -0.39 is 12.0 Å². The zero-order valence-corrected chi connectivity index (χ0v) is 23.6. The van der Waals surface area contributed by atoms with E-state index in [2.05, 4.69) is 47.5 Å². The lowest BCUT2D eigenvalue weighted by atomic mass is 9.93. The molecule has 0 spiro atoms. The van der Waals surface area contributed by atoms with Crippen LogP contribution in [0.1, 0.15) is 53.2 Å². The maximum absolute atomic E-state index is 13.4. The fraction of sp³-hybridized carbons (Fsp3) is 0.375. The smallest absolute Gasteiger partial charge is 0.326 e. The number of hydrogen-bond acceptors (Lipinski definition) is 4. The van der Waals surface area contributed by atoms with Crippen LogP contribution in [0.25, 0.3) is 11.1 Å². The molecule has 0 radical (unpaired) electrons. The van der Waals surface area contributed by atoms with Gasteiger partial charge in [-0.25, -0.2) is 4.79 Å². The number of aryl methyl sites for hydroxylation is 1. The van der Waals surface area contributed by atoms with Crippen molar-refractivity contribution in [3.05, 3.63) is 95.1 Å². The average molecular weight is 533 g/mol. The highest BCUT2D eigenvalue weighted by molar-refractivity contribution is 7.98. The molecule has 0 bridgehead atoms. The molecule has 0 fully saturated rings. The molecule has 1 amide bonds. The third kappa shape index (κ3) is 8.74. The van der Waals surface area contributed by atoms with Gasteiger partial charge < -0.3 is 10.4 Å². The molecule has 0 aliphatic heterocycles. The number of hydrogen-bond donors (Lipinski definition) is 2. The van der Waals surface area contributed by atoms with Crippen LogP contribution in [-0.4, -0.2) is 53.0 Å². The number of amides is 1. The van der Waals surface area contributed by atoms with Gasteiger partial charge in [0, 0.05) is 18.7 Å². The Balaban J connectivity index is 1.89. The predicted octanol–water partition coefficient (Wildman–Crippen LogP) is 6.44. The summed E-state index contributed by atoms with van der Waals surface area (Å²) in [5.41, 5.74) is 5.87. The standard InChI is InChI=1S/C32H40N2O3S/c1-4-5-19-34(20-17-25-12-7-6-8-13-25)23-26-15-16-28(29(22-26)27-14-10-9-11-24(27)2)31(35)33-30(32(36)37)18-21-38-3/h6-16,22,30H,4-5,17-21,23H2,1-3H3,(H,33,35)(H,36,37). The van der Waals surface area contributed by atoms with E-state index in [-0.39, 0.29) is 5.91 Å². The van der Waals surface area contributed by atoms with Crippen LogP contribution in [0.4, 0.5) is 0 Å².